The predicted octanol–water partition coefficient (Wildman–Crippen LogP) is 3.03. The number of carbonyl (C=O) groups excluding carboxylic acids is 2. The number of fused-ring (bicyclic) bond motifs is 1. The number of nitrogens with zero attached hydrogens (tertiary/aromatic N) is 2. The fourth-order valence-corrected chi connectivity index (χ4v) is 4.31. The summed E-state index contributed by atoms with van der Waals surface area (Å²) >= 11 is 2.92. The first-order valence-electron chi connectivity index (χ1n) is 8.68. The predicted molar refractivity (Wildman–Crippen MR) is 111 cm³/mol. The van der Waals surface area contributed by atoms with E-state index in [9.17, 15) is 14.4 Å². The van der Waals surface area contributed by atoms with Gasteiger partial charge in [0.1, 0.15) is 11.4 Å². The van der Waals surface area contributed by atoms with Gasteiger partial charge < -0.3 is 10.1 Å². The number of hydrogen-bond donors (Lipinski definition) is 1. The fourth-order valence-electron chi connectivity index (χ4n) is 2.59. The zero-order valence-electron chi connectivity index (χ0n) is 16.0. The third-order valence-electron chi connectivity index (χ3n) is 3.82. The summed E-state index contributed by atoms with van der Waals surface area (Å²) in [6.07, 6.45) is 0.377. The number of carbonyl (C=O) groups is 2. The van der Waals surface area contributed by atoms with Gasteiger partial charge in [-0.15, -0.1) is 22.7 Å². The highest BCUT2D eigenvalue weighted by atomic mass is 32.1. The average molecular weight is 420 g/mol. The molecule has 1 N–H and O–H groups in total. The zero-order chi connectivity index (χ0) is 20.5. The highest BCUT2D eigenvalue weighted by Crippen LogP contribution is 2.33. The maximum absolute atomic E-state index is 12.9. The van der Waals surface area contributed by atoms with Crippen LogP contribution in [-0.2, 0) is 20.9 Å². The number of esters is 1. The minimum absolute atomic E-state index is 0.307. The van der Waals surface area contributed by atoms with Gasteiger partial charge in [0.05, 0.1) is 11.7 Å². The van der Waals surface area contributed by atoms with Crippen molar-refractivity contribution in [1.82, 2.24) is 14.9 Å². The molecule has 0 saturated carbocycles. The van der Waals surface area contributed by atoms with Crippen molar-refractivity contribution in [3.8, 4) is 10.4 Å². The quantitative estimate of drug-likeness (QED) is 0.642. The molecule has 0 saturated heterocycles. The van der Waals surface area contributed by atoms with Crippen LogP contribution in [0.5, 0.6) is 0 Å². The summed E-state index contributed by atoms with van der Waals surface area (Å²) in [6, 6.07) is 3.85. The first-order valence-corrected chi connectivity index (χ1v) is 10.4. The van der Waals surface area contributed by atoms with Crippen LogP contribution in [0.2, 0.25) is 0 Å². The van der Waals surface area contributed by atoms with E-state index in [1.165, 1.54) is 40.5 Å². The van der Waals surface area contributed by atoms with E-state index in [0.29, 0.717) is 10.2 Å². The number of rotatable bonds is 5. The smallest absolute Gasteiger partial charge is 0.326 e. The van der Waals surface area contributed by atoms with Crippen LogP contribution in [0, 0.1) is 0 Å². The average Bonchev–Trinajstić information content (AvgIpc) is 3.24. The Morgan fingerprint density at radius 3 is 2.71 bits per heavy atom. The van der Waals surface area contributed by atoms with Gasteiger partial charge in [-0.25, -0.2) is 4.98 Å². The van der Waals surface area contributed by atoms with Crippen molar-refractivity contribution >= 4 is 44.8 Å². The van der Waals surface area contributed by atoms with Gasteiger partial charge in [-0.1, -0.05) is 6.07 Å². The Balaban J connectivity index is 1.78. The second-order valence-corrected chi connectivity index (χ2v) is 9.16. The molecule has 3 rings (SSSR count). The van der Waals surface area contributed by atoms with Gasteiger partial charge in [0.15, 0.2) is 6.10 Å². The molecule has 148 valence electrons. The molecule has 9 heteroatoms. The number of nitrogens with one attached hydrogen (secondary N) is 1. The summed E-state index contributed by atoms with van der Waals surface area (Å²) in [5.74, 6) is -1.06. The molecule has 0 fully saturated rings. The van der Waals surface area contributed by atoms with Gasteiger partial charge >= 0.3 is 5.97 Å². The molecule has 0 aliphatic rings. The van der Waals surface area contributed by atoms with Crippen molar-refractivity contribution in [2.75, 3.05) is 0 Å². The van der Waals surface area contributed by atoms with Crippen LogP contribution in [0.1, 0.15) is 27.7 Å². The topological polar surface area (TPSA) is 90.3 Å². The Bertz CT molecular complexity index is 1060. The number of amides is 1. The molecular weight excluding hydrogens is 398 g/mol. The van der Waals surface area contributed by atoms with E-state index in [-0.39, 0.29) is 18.0 Å². The number of ether oxygens (including phenoxy) is 1. The molecule has 7 nitrogen and oxygen atoms in total. The largest absolute Gasteiger partial charge is 0.451 e. The van der Waals surface area contributed by atoms with E-state index in [2.05, 4.69) is 10.3 Å². The lowest BCUT2D eigenvalue weighted by Gasteiger charge is -2.23. The molecule has 3 aromatic heterocycles. The van der Waals surface area contributed by atoms with Crippen LogP contribution >= 0.6 is 22.7 Å². The third kappa shape index (κ3) is 4.48. The van der Waals surface area contributed by atoms with E-state index in [0.717, 1.165) is 10.4 Å². The van der Waals surface area contributed by atoms with E-state index < -0.39 is 17.6 Å². The Kier molecular flexibility index (Phi) is 5.66. The van der Waals surface area contributed by atoms with Crippen molar-refractivity contribution in [1.29, 1.82) is 0 Å². The van der Waals surface area contributed by atoms with E-state index in [1.807, 2.05) is 43.7 Å². The maximum Gasteiger partial charge on any atom is 0.326 e. The first-order chi connectivity index (χ1) is 13.2. The van der Waals surface area contributed by atoms with Crippen molar-refractivity contribution in [3.63, 3.8) is 0 Å². The van der Waals surface area contributed by atoms with E-state index >= 15 is 0 Å². The minimum Gasteiger partial charge on any atom is -0.451 e. The van der Waals surface area contributed by atoms with E-state index in [1.54, 1.807) is 0 Å². The third-order valence-corrected chi connectivity index (χ3v) is 5.61. The lowest BCUT2D eigenvalue weighted by atomic mass is 10.1. The second-order valence-electron chi connectivity index (χ2n) is 7.36. The fraction of sp³-hybridized carbons (Fsp3) is 0.368. The van der Waals surface area contributed by atoms with Crippen LogP contribution in [0.4, 0.5) is 0 Å². The number of thiophene rings is 2. The van der Waals surface area contributed by atoms with Crippen molar-refractivity contribution in [2.45, 2.75) is 45.9 Å². The molecule has 0 aliphatic heterocycles. The van der Waals surface area contributed by atoms with Gasteiger partial charge in [0.25, 0.3) is 11.5 Å². The van der Waals surface area contributed by atoms with Gasteiger partial charge in [0.2, 0.25) is 0 Å². The highest BCUT2D eigenvalue weighted by Gasteiger charge is 2.23. The van der Waals surface area contributed by atoms with Crippen LogP contribution in [0.25, 0.3) is 20.7 Å². The molecule has 28 heavy (non-hydrogen) atoms. The lowest BCUT2D eigenvalue weighted by molar-refractivity contribution is -0.156. The minimum atomic E-state index is -0.957. The summed E-state index contributed by atoms with van der Waals surface area (Å²) in [4.78, 5) is 43.1. The molecule has 0 bridgehead atoms. The molecule has 3 heterocycles. The van der Waals surface area contributed by atoms with Crippen molar-refractivity contribution in [3.05, 3.63) is 39.6 Å². The van der Waals surface area contributed by atoms with Crippen LogP contribution in [-0.4, -0.2) is 33.1 Å². The Morgan fingerprint density at radius 1 is 1.32 bits per heavy atom. The molecule has 0 radical (unpaired) electrons. The summed E-state index contributed by atoms with van der Waals surface area (Å²) in [5, 5.41) is 7.07. The molecule has 1 atom stereocenters. The summed E-state index contributed by atoms with van der Waals surface area (Å²) < 4.78 is 6.39. The summed E-state index contributed by atoms with van der Waals surface area (Å²) in [5.41, 5.74) is 0.0763. The molecule has 0 spiro atoms. The maximum atomic E-state index is 12.9. The summed E-state index contributed by atoms with van der Waals surface area (Å²) in [6.45, 7) is 6.70. The summed E-state index contributed by atoms with van der Waals surface area (Å²) in [7, 11) is 0. The Labute approximate surface area is 170 Å². The van der Waals surface area contributed by atoms with Crippen LogP contribution in [0.15, 0.2) is 34.0 Å². The number of aromatic nitrogens is 2. The Hall–Kier alpha value is -2.52. The van der Waals surface area contributed by atoms with Crippen LogP contribution in [0.3, 0.4) is 0 Å². The van der Waals surface area contributed by atoms with Gasteiger partial charge in [-0.05, 0) is 39.1 Å². The van der Waals surface area contributed by atoms with Gasteiger partial charge in [-0.2, -0.15) is 0 Å². The molecule has 3 aromatic rings. The number of hydrogen-bond acceptors (Lipinski definition) is 7. The second kappa shape index (κ2) is 7.84. The lowest BCUT2D eigenvalue weighted by Crippen LogP contribution is -2.46. The molecule has 0 aliphatic carbocycles. The standard InChI is InChI=1S/C19H21N3O4S2/c1-11(16(24)21-19(2,3)4)26-14(23)8-22-10-20-17-15(18(22)25)12(9-28-17)13-6-5-7-27-13/h5-7,9-11H,8H2,1-4H3,(H,21,24)/t11-/m1/s1. The zero-order valence-corrected chi connectivity index (χ0v) is 17.6. The van der Waals surface area contributed by atoms with Crippen molar-refractivity contribution in [2.24, 2.45) is 0 Å². The Morgan fingerprint density at radius 2 is 2.07 bits per heavy atom. The molecular formula is C19H21N3O4S2. The molecule has 0 unspecified atom stereocenters. The van der Waals surface area contributed by atoms with Gasteiger partial charge in [0, 0.05) is 21.4 Å². The first kappa shape index (κ1) is 20.2. The molecule has 0 aromatic carbocycles. The monoisotopic (exact) mass is 419 g/mol. The molecule has 1 amide bonds. The SMILES string of the molecule is C[C@@H](OC(=O)Cn1cnc2scc(-c3cccs3)c2c1=O)C(=O)NC(C)(C)C. The van der Waals surface area contributed by atoms with Crippen LogP contribution < -0.4 is 10.9 Å². The van der Waals surface area contributed by atoms with E-state index in [4.69, 9.17) is 4.74 Å². The normalized spacial score (nSPS) is 12.7. The van der Waals surface area contributed by atoms with Crippen molar-refractivity contribution < 1.29 is 14.3 Å². The highest BCUT2D eigenvalue weighted by molar-refractivity contribution is 7.18. The van der Waals surface area contributed by atoms with Gasteiger partial charge in [-0.3, -0.25) is 19.0 Å².